The Labute approximate surface area is 232 Å². The Morgan fingerprint density at radius 1 is 0.868 bits per heavy atom. The van der Waals surface area contributed by atoms with Gasteiger partial charge in [0.1, 0.15) is 11.8 Å². The minimum Gasteiger partial charge on any atom is -0.483 e. The molecule has 0 aromatic heterocycles. The lowest BCUT2D eigenvalue weighted by molar-refractivity contribution is -0.142. The van der Waals surface area contributed by atoms with Crippen LogP contribution in [0.15, 0.2) is 102 Å². The first-order valence-electron chi connectivity index (χ1n) is 12.9. The molecule has 6 heteroatoms. The maximum Gasteiger partial charge on any atom is 0.261 e. The molecule has 0 saturated heterocycles. The zero-order valence-corrected chi connectivity index (χ0v) is 23.4. The van der Waals surface area contributed by atoms with Crippen molar-refractivity contribution in [2.24, 2.45) is 5.92 Å². The van der Waals surface area contributed by atoms with Crippen molar-refractivity contribution in [1.29, 1.82) is 0 Å². The molecule has 0 aliphatic heterocycles. The van der Waals surface area contributed by atoms with E-state index in [0.29, 0.717) is 24.6 Å². The molecule has 4 aromatic rings. The average Bonchev–Trinajstić information content (AvgIpc) is 2.93. The molecule has 0 radical (unpaired) electrons. The van der Waals surface area contributed by atoms with Crippen LogP contribution < -0.4 is 10.1 Å². The molecule has 38 heavy (non-hydrogen) atoms. The minimum absolute atomic E-state index is 0.170. The van der Waals surface area contributed by atoms with Gasteiger partial charge in [0, 0.05) is 29.4 Å². The Kier molecular flexibility index (Phi) is 9.55. The third-order valence-corrected chi connectivity index (χ3v) is 6.79. The number of benzene rings is 4. The van der Waals surface area contributed by atoms with Gasteiger partial charge in [-0.15, -0.1) is 0 Å². The van der Waals surface area contributed by atoms with E-state index < -0.39 is 6.04 Å². The highest BCUT2D eigenvalue weighted by Gasteiger charge is 2.31. The number of halogens is 1. The molecule has 2 amide bonds. The van der Waals surface area contributed by atoms with E-state index in [9.17, 15) is 9.59 Å². The topological polar surface area (TPSA) is 58.6 Å². The molecule has 0 fully saturated rings. The van der Waals surface area contributed by atoms with Crippen LogP contribution in [0, 0.1) is 5.92 Å². The molecular weight excluding hydrogens is 540 g/mol. The van der Waals surface area contributed by atoms with Crippen LogP contribution in [0.5, 0.6) is 5.75 Å². The second-order valence-corrected chi connectivity index (χ2v) is 10.7. The summed E-state index contributed by atoms with van der Waals surface area (Å²) in [5.41, 5.74) is 1.91. The molecule has 0 spiro atoms. The summed E-state index contributed by atoms with van der Waals surface area (Å²) >= 11 is 3.53. The lowest BCUT2D eigenvalue weighted by atomic mass is 10.0. The number of rotatable bonds is 11. The van der Waals surface area contributed by atoms with Gasteiger partial charge in [-0.1, -0.05) is 109 Å². The fourth-order valence-corrected chi connectivity index (χ4v) is 4.80. The summed E-state index contributed by atoms with van der Waals surface area (Å²) < 4.78 is 6.98. The van der Waals surface area contributed by atoms with Crippen molar-refractivity contribution in [3.05, 3.63) is 113 Å². The first-order valence-corrected chi connectivity index (χ1v) is 13.7. The van der Waals surface area contributed by atoms with Gasteiger partial charge in [-0.3, -0.25) is 9.59 Å². The predicted molar refractivity (Wildman–Crippen MR) is 156 cm³/mol. The molecular formula is C32H33BrN2O3. The molecule has 0 saturated carbocycles. The third-order valence-electron chi connectivity index (χ3n) is 6.30. The van der Waals surface area contributed by atoms with Crippen molar-refractivity contribution in [1.82, 2.24) is 10.2 Å². The molecule has 196 valence electrons. The van der Waals surface area contributed by atoms with Crippen molar-refractivity contribution >= 4 is 38.5 Å². The summed E-state index contributed by atoms with van der Waals surface area (Å²) in [6.45, 7) is 4.74. The highest BCUT2D eigenvalue weighted by Crippen LogP contribution is 2.25. The second-order valence-electron chi connectivity index (χ2n) is 9.76. The Morgan fingerprint density at radius 2 is 1.55 bits per heavy atom. The predicted octanol–water partition coefficient (Wildman–Crippen LogP) is 6.39. The van der Waals surface area contributed by atoms with E-state index in [-0.39, 0.29) is 25.0 Å². The van der Waals surface area contributed by atoms with Gasteiger partial charge in [0.2, 0.25) is 5.91 Å². The summed E-state index contributed by atoms with van der Waals surface area (Å²) in [5.74, 6) is 0.512. The maximum absolute atomic E-state index is 13.8. The van der Waals surface area contributed by atoms with Gasteiger partial charge in [0.25, 0.3) is 5.91 Å². The number of nitrogens with zero attached hydrogens (tertiary/aromatic N) is 1. The summed E-state index contributed by atoms with van der Waals surface area (Å²) in [4.78, 5) is 29.0. The van der Waals surface area contributed by atoms with E-state index in [2.05, 4.69) is 35.1 Å². The third kappa shape index (κ3) is 7.45. The Balaban J connectivity index is 1.64. The second kappa shape index (κ2) is 13.2. The van der Waals surface area contributed by atoms with Crippen molar-refractivity contribution in [2.45, 2.75) is 32.9 Å². The number of amides is 2. The first-order chi connectivity index (χ1) is 18.4. The number of nitrogens with one attached hydrogen (secondary N) is 1. The molecule has 0 heterocycles. The highest BCUT2D eigenvalue weighted by atomic mass is 79.9. The van der Waals surface area contributed by atoms with E-state index >= 15 is 0 Å². The van der Waals surface area contributed by atoms with Gasteiger partial charge in [-0.2, -0.15) is 0 Å². The number of ether oxygens (including phenoxy) is 1. The van der Waals surface area contributed by atoms with Gasteiger partial charge in [-0.25, -0.2) is 0 Å². The Hall–Kier alpha value is -3.64. The average molecular weight is 574 g/mol. The van der Waals surface area contributed by atoms with Crippen molar-refractivity contribution < 1.29 is 14.3 Å². The smallest absolute Gasteiger partial charge is 0.261 e. The lowest BCUT2D eigenvalue weighted by Crippen LogP contribution is -2.52. The van der Waals surface area contributed by atoms with Crippen LogP contribution in [-0.2, 0) is 22.6 Å². The lowest BCUT2D eigenvalue weighted by Gasteiger charge is -2.32. The number of fused-ring (bicyclic) bond motifs is 1. The van der Waals surface area contributed by atoms with Crippen LogP contribution in [0.1, 0.15) is 25.0 Å². The van der Waals surface area contributed by atoms with Gasteiger partial charge >= 0.3 is 0 Å². The monoisotopic (exact) mass is 572 g/mol. The Morgan fingerprint density at radius 3 is 2.32 bits per heavy atom. The van der Waals surface area contributed by atoms with E-state index in [1.54, 1.807) is 4.90 Å². The van der Waals surface area contributed by atoms with E-state index in [0.717, 1.165) is 26.4 Å². The molecule has 1 N–H and O–H groups in total. The molecule has 0 unspecified atom stereocenters. The normalized spacial score (nSPS) is 11.8. The molecule has 0 aliphatic carbocycles. The quantitative estimate of drug-likeness (QED) is 0.226. The van der Waals surface area contributed by atoms with Crippen molar-refractivity contribution in [3.63, 3.8) is 0 Å². The Bertz CT molecular complexity index is 1370. The minimum atomic E-state index is -0.696. The molecule has 4 rings (SSSR count). The molecule has 1 atom stereocenters. The summed E-state index contributed by atoms with van der Waals surface area (Å²) in [6, 6.07) is 30.6. The van der Waals surface area contributed by atoms with Crippen LogP contribution >= 0.6 is 15.9 Å². The SMILES string of the molecule is CC(C)CNC(=O)[C@H](Cc1ccccc1)N(Cc1cccc(Br)c1)C(=O)COc1cccc2ccccc12. The standard InChI is InChI=1S/C32H33BrN2O3/c1-23(2)20-34-32(37)29(19-24-10-4-3-5-11-24)35(21-25-12-8-15-27(33)18-25)31(36)22-38-30-17-9-14-26-13-6-7-16-28(26)30/h3-18,23,29H,19-22H2,1-2H3,(H,34,37)/t29-/m0/s1. The largest absolute Gasteiger partial charge is 0.483 e. The number of hydrogen-bond acceptors (Lipinski definition) is 3. The molecule has 4 aromatic carbocycles. The van der Waals surface area contributed by atoms with Crippen LogP contribution in [0.4, 0.5) is 0 Å². The van der Waals surface area contributed by atoms with Gasteiger partial charge in [0.15, 0.2) is 6.61 Å². The van der Waals surface area contributed by atoms with Crippen molar-refractivity contribution in [2.75, 3.05) is 13.2 Å². The fraction of sp³-hybridized carbons (Fsp3) is 0.250. The van der Waals surface area contributed by atoms with E-state index in [4.69, 9.17) is 4.74 Å². The number of carbonyl (C=O) groups excluding carboxylic acids is 2. The molecule has 0 aliphatic rings. The van der Waals surface area contributed by atoms with Crippen LogP contribution in [-0.4, -0.2) is 35.9 Å². The van der Waals surface area contributed by atoms with E-state index in [1.807, 2.05) is 97.1 Å². The van der Waals surface area contributed by atoms with Gasteiger partial charge < -0.3 is 15.0 Å². The van der Waals surface area contributed by atoms with Crippen LogP contribution in [0.2, 0.25) is 0 Å². The maximum atomic E-state index is 13.8. The van der Waals surface area contributed by atoms with Crippen molar-refractivity contribution in [3.8, 4) is 5.75 Å². The zero-order valence-electron chi connectivity index (χ0n) is 21.8. The summed E-state index contributed by atoms with van der Waals surface area (Å²) in [5, 5.41) is 5.03. The molecule has 0 bridgehead atoms. The highest BCUT2D eigenvalue weighted by molar-refractivity contribution is 9.10. The first kappa shape index (κ1) is 27.4. The number of hydrogen-bond donors (Lipinski definition) is 1. The van der Waals surface area contributed by atoms with Crippen LogP contribution in [0.25, 0.3) is 10.8 Å². The van der Waals surface area contributed by atoms with E-state index in [1.165, 1.54) is 0 Å². The zero-order chi connectivity index (χ0) is 26.9. The summed E-state index contributed by atoms with van der Waals surface area (Å²) in [6.07, 6.45) is 0.402. The van der Waals surface area contributed by atoms with Gasteiger partial charge in [0.05, 0.1) is 0 Å². The van der Waals surface area contributed by atoms with Gasteiger partial charge in [-0.05, 0) is 40.6 Å². The fourth-order valence-electron chi connectivity index (χ4n) is 4.35. The summed E-state index contributed by atoms with van der Waals surface area (Å²) in [7, 11) is 0. The van der Waals surface area contributed by atoms with Crippen LogP contribution in [0.3, 0.4) is 0 Å². The molecule has 5 nitrogen and oxygen atoms in total. The number of carbonyl (C=O) groups is 2.